The van der Waals surface area contributed by atoms with Crippen molar-refractivity contribution in [2.75, 3.05) is 35.2 Å². The standard InChI is InChI=1S/C21H29N3O/c1-6-24(7-2)18-9-11-19(17(5)13-18)22-14-21(25)23-20-10-8-15(3)12-16(20)4/h8-13,22H,6-7,14H2,1-5H3,(H,23,25). The van der Waals surface area contributed by atoms with E-state index in [4.69, 9.17) is 0 Å². The number of carbonyl (C=O) groups is 1. The minimum absolute atomic E-state index is 0.0424. The maximum Gasteiger partial charge on any atom is 0.243 e. The number of anilines is 3. The van der Waals surface area contributed by atoms with E-state index < -0.39 is 0 Å². The number of amides is 1. The Morgan fingerprint density at radius 2 is 1.56 bits per heavy atom. The third kappa shape index (κ3) is 4.99. The van der Waals surface area contributed by atoms with Crippen LogP contribution in [0.15, 0.2) is 36.4 Å². The summed E-state index contributed by atoms with van der Waals surface area (Å²) in [6.07, 6.45) is 0. The zero-order valence-corrected chi connectivity index (χ0v) is 15.9. The number of hydrogen-bond donors (Lipinski definition) is 2. The summed E-state index contributed by atoms with van der Waals surface area (Å²) in [7, 11) is 0. The van der Waals surface area contributed by atoms with Crippen LogP contribution in [0, 0.1) is 20.8 Å². The highest BCUT2D eigenvalue weighted by atomic mass is 16.1. The van der Waals surface area contributed by atoms with Gasteiger partial charge in [0.15, 0.2) is 0 Å². The maximum atomic E-state index is 12.2. The highest BCUT2D eigenvalue weighted by Crippen LogP contribution is 2.22. The van der Waals surface area contributed by atoms with Crippen molar-refractivity contribution < 1.29 is 4.79 Å². The molecule has 0 unspecified atom stereocenters. The van der Waals surface area contributed by atoms with Crippen molar-refractivity contribution in [1.29, 1.82) is 0 Å². The van der Waals surface area contributed by atoms with Crippen molar-refractivity contribution in [3.05, 3.63) is 53.1 Å². The quantitative estimate of drug-likeness (QED) is 0.780. The van der Waals surface area contributed by atoms with Crippen LogP contribution in [-0.4, -0.2) is 25.5 Å². The molecule has 2 aromatic rings. The Kier molecular flexibility index (Phi) is 6.45. The molecule has 134 valence electrons. The molecule has 4 nitrogen and oxygen atoms in total. The largest absolute Gasteiger partial charge is 0.376 e. The summed E-state index contributed by atoms with van der Waals surface area (Å²) in [6, 6.07) is 12.3. The number of hydrogen-bond acceptors (Lipinski definition) is 3. The molecule has 0 spiro atoms. The van der Waals surface area contributed by atoms with Crippen LogP contribution in [0.5, 0.6) is 0 Å². The molecule has 1 amide bonds. The Morgan fingerprint density at radius 3 is 2.16 bits per heavy atom. The maximum absolute atomic E-state index is 12.2. The van der Waals surface area contributed by atoms with Gasteiger partial charge in [0, 0.05) is 30.2 Å². The number of nitrogens with zero attached hydrogens (tertiary/aromatic N) is 1. The second-order valence-electron chi connectivity index (χ2n) is 6.39. The van der Waals surface area contributed by atoms with Gasteiger partial charge in [-0.3, -0.25) is 4.79 Å². The summed E-state index contributed by atoms with van der Waals surface area (Å²) >= 11 is 0. The smallest absolute Gasteiger partial charge is 0.243 e. The normalized spacial score (nSPS) is 10.4. The monoisotopic (exact) mass is 339 g/mol. The van der Waals surface area contributed by atoms with Crippen LogP contribution in [0.25, 0.3) is 0 Å². The highest BCUT2D eigenvalue weighted by Gasteiger charge is 2.08. The topological polar surface area (TPSA) is 44.4 Å². The van der Waals surface area contributed by atoms with Crippen LogP contribution >= 0.6 is 0 Å². The van der Waals surface area contributed by atoms with Crippen LogP contribution < -0.4 is 15.5 Å². The van der Waals surface area contributed by atoms with Crippen molar-refractivity contribution in [1.82, 2.24) is 0 Å². The molecular formula is C21H29N3O. The van der Waals surface area contributed by atoms with Gasteiger partial charge in [0.05, 0.1) is 6.54 Å². The van der Waals surface area contributed by atoms with Gasteiger partial charge < -0.3 is 15.5 Å². The molecule has 0 fully saturated rings. The predicted octanol–water partition coefficient (Wildman–Crippen LogP) is 4.51. The summed E-state index contributed by atoms with van der Waals surface area (Å²) < 4.78 is 0. The lowest BCUT2D eigenvalue weighted by Crippen LogP contribution is -2.23. The summed E-state index contributed by atoms with van der Waals surface area (Å²) in [4.78, 5) is 14.5. The first-order valence-electron chi connectivity index (χ1n) is 8.91. The lowest BCUT2D eigenvalue weighted by atomic mass is 10.1. The molecule has 0 aliphatic heterocycles. The molecule has 0 aliphatic rings. The number of carbonyl (C=O) groups excluding carboxylic acids is 1. The highest BCUT2D eigenvalue weighted by molar-refractivity contribution is 5.94. The average molecular weight is 339 g/mol. The van der Waals surface area contributed by atoms with E-state index in [0.717, 1.165) is 35.6 Å². The molecule has 0 bridgehead atoms. The van der Waals surface area contributed by atoms with Crippen molar-refractivity contribution in [3.8, 4) is 0 Å². The Balaban J connectivity index is 1.97. The second-order valence-corrected chi connectivity index (χ2v) is 6.39. The van der Waals surface area contributed by atoms with Crippen LogP contribution in [0.2, 0.25) is 0 Å². The molecule has 0 saturated carbocycles. The number of nitrogens with one attached hydrogen (secondary N) is 2. The first kappa shape index (κ1) is 18.8. The van der Waals surface area contributed by atoms with Gasteiger partial charge in [0.2, 0.25) is 5.91 Å². The zero-order valence-electron chi connectivity index (χ0n) is 15.9. The van der Waals surface area contributed by atoms with Crippen molar-refractivity contribution >= 4 is 23.0 Å². The van der Waals surface area contributed by atoms with E-state index >= 15 is 0 Å². The van der Waals surface area contributed by atoms with E-state index in [-0.39, 0.29) is 12.5 Å². The third-order valence-corrected chi connectivity index (χ3v) is 4.43. The van der Waals surface area contributed by atoms with E-state index in [1.54, 1.807) is 0 Å². The molecule has 0 atom stereocenters. The van der Waals surface area contributed by atoms with E-state index in [1.165, 1.54) is 11.3 Å². The molecule has 2 aromatic carbocycles. The molecule has 4 heteroatoms. The Bertz CT molecular complexity index is 736. The lowest BCUT2D eigenvalue weighted by Gasteiger charge is -2.22. The first-order chi connectivity index (χ1) is 11.9. The number of rotatable bonds is 7. The third-order valence-electron chi connectivity index (χ3n) is 4.43. The lowest BCUT2D eigenvalue weighted by molar-refractivity contribution is -0.114. The van der Waals surface area contributed by atoms with Gasteiger partial charge in [-0.25, -0.2) is 0 Å². The van der Waals surface area contributed by atoms with Gasteiger partial charge in [0.1, 0.15) is 0 Å². The summed E-state index contributed by atoms with van der Waals surface area (Å²) in [5.41, 5.74) is 6.49. The Labute approximate surface area is 151 Å². The van der Waals surface area contributed by atoms with Crippen LogP contribution in [-0.2, 0) is 4.79 Å². The zero-order chi connectivity index (χ0) is 18.4. The number of benzene rings is 2. The minimum atomic E-state index is -0.0424. The van der Waals surface area contributed by atoms with E-state index in [1.807, 2.05) is 32.0 Å². The van der Waals surface area contributed by atoms with E-state index in [2.05, 4.69) is 54.5 Å². The second kappa shape index (κ2) is 8.56. The molecule has 0 aliphatic carbocycles. The van der Waals surface area contributed by atoms with Gasteiger partial charge in [-0.2, -0.15) is 0 Å². The van der Waals surface area contributed by atoms with Crippen LogP contribution in [0.3, 0.4) is 0 Å². The molecular weight excluding hydrogens is 310 g/mol. The van der Waals surface area contributed by atoms with Crippen molar-refractivity contribution in [2.24, 2.45) is 0 Å². The molecule has 0 heterocycles. The minimum Gasteiger partial charge on any atom is -0.376 e. The molecule has 25 heavy (non-hydrogen) atoms. The Morgan fingerprint density at radius 1 is 0.920 bits per heavy atom. The van der Waals surface area contributed by atoms with Gasteiger partial charge in [-0.15, -0.1) is 0 Å². The van der Waals surface area contributed by atoms with E-state index in [0.29, 0.717) is 0 Å². The molecule has 0 radical (unpaired) electrons. The fraction of sp³-hybridized carbons (Fsp3) is 0.381. The van der Waals surface area contributed by atoms with Crippen molar-refractivity contribution in [2.45, 2.75) is 34.6 Å². The van der Waals surface area contributed by atoms with Gasteiger partial charge >= 0.3 is 0 Å². The fourth-order valence-corrected chi connectivity index (χ4v) is 2.96. The number of aryl methyl sites for hydroxylation is 3. The SMILES string of the molecule is CCN(CC)c1ccc(NCC(=O)Nc2ccc(C)cc2C)c(C)c1. The molecule has 0 aromatic heterocycles. The molecule has 2 rings (SSSR count). The molecule has 2 N–H and O–H groups in total. The molecule has 0 saturated heterocycles. The predicted molar refractivity (Wildman–Crippen MR) is 108 cm³/mol. The van der Waals surface area contributed by atoms with Gasteiger partial charge in [0.25, 0.3) is 0 Å². The van der Waals surface area contributed by atoms with Gasteiger partial charge in [-0.1, -0.05) is 17.7 Å². The van der Waals surface area contributed by atoms with Crippen molar-refractivity contribution in [3.63, 3.8) is 0 Å². The van der Waals surface area contributed by atoms with Crippen LogP contribution in [0.4, 0.5) is 17.1 Å². The van der Waals surface area contributed by atoms with Crippen LogP contribution in [0.1, 0.15) is 30.5 Å². The fourth-order valence-electron chi connectivity index (χ4n) is 2.96. The Hall–Kier alpha value is -2.49. The van der Waals surface area contributed by atoms with E-state index in [9.17, 15) is 4.79 Å². The van der Waals surface area contributed by atoms with Gasteiger partial charge in [-0.05, 0) is 70.0 Å². The summed E-state index contributed by atoms with van der Waals surface area (Å²) in [5.74, 6) is -0.0424. The first-order valence-corrected chi connectivity index (χ1v) is 8.91. The average Bonchev–Trinajstić information content (AvgIpc) is 2.58. The summed E-state index contributed by atoms with van der Waals surface area (Å²) in [5, 5.41) is 6.20. The summed E-state index contributed by atoms with van der Waals surface area (Å²) in [6.45, 7) is 12.7.